The van der Waals surface area contributed by atoms with Crippen molar-refractivity contribution in [3.63, 3.8) is 0 Å². The normalized spacial score (nSPS) is 19.6. The highest BCUT2D eigenvalue weighted by molar-refractivity contribution is 9.10. The highest BCUT2D eigenvalue weighted by atomic mass is 79.9. The molecule has 18 heavy (non-hydrogen) atoms. The molecule has 0 saturated heterocycles. The molecule has 3 rings (SSSR count). The lowest BCUT2D eigenvalue weighted by atomic mass is 9.85. The molecule has 0 radical (unpaired) electrons. The second kappa shape index (κ2) is 4.87. The van der Waals surface area contributed by atoms with Gasteiger partial charge in [-0.1, -0.05) is 52.3 Å². The van der Waals surface area contributed by atoms with Crippen molar-refractivity contribution in [3.8, 4) is 0 Å². The van der Waals surface area contributed by atoms with Gasteiger partial charge in [0.2, 0.25) is 0 Å². The van der Waals surface area contributed by atoms with Crippen LogP contribution in [0.2, 0.25) is 0 Å². The molecule has 1 aliphatic heterocycles. The Morgan fingerprint density at radius 3 is 2.56 bits per heavy atom. The second-order valence-corrected chi connectivity index (χ2v) is 5.92. The Bertz CT molecular complexity index is 547. The molecule has 0 unspecified atom stereocenters. The van der Waals surface area contributed by atoms with Crippen LogP contribution in [-0.4, -0.2) is 18.5 Å². The van der Waals surface area contributed by atoms with E-state index in [2.05, 4.69) is 76.4 Å². The summed E-state index contributed by atoms with van der Waals surface area (Å²) < 4.78 is 1.14. The third kappa shape index (κ3) is 2.23. The van der Waals surface area contributed by atoms with E-state index in [9.17, 15) is 0 Å². The van der Waals surface area contributed by atoms with Crippen molar-refractivity contribution >= 4 is 15.9 Å². The predicted octanol–water partition coefficient (Wildman–Crippen LogP) is 4.03. The van der Waals surface area contributed by atoms with Crippen molar-refractivity contribution in [2.24, 2.45) is 0 Å². The highest BCUT2D eigenvalue weighted by Crippen LogP contribution is 2.33. The van der Waals surface area contributed by atoms with Gasteiger partial charge in [0.15, 0.2) is 0 Å². The number of benzene rings is 2. The molecule has 0 bridgehead atoms. The first kappa shape index (κ1) is 11.9. The molecule has 1 aliphatic rings. The summed E-state index contributed by atoms with van der Waals surface area (Å²) in [7, 11) is 2.20. The first-order chi connectivity index (χ1) is 8.74. The molecule has 2 aromatic rings. The fourth-order valence-electron chi connectivity index (χ4n) is 2.76. The van der Waals surface area contributed by atoms with Gasteiger partial charge in [0.1, 0.15) is 0 Å². The summed E-state index contributed by atoms with van der Waals surface area (Å²) >= 11 is 3.50. The van der Waals surface area contributed by atoms with Gasteiger partial charge in [0.25, 0.3) is 0 Å². The van der Waals surface area contributed by atoms with Crippen molar-refractivity contribution in [1.29, 1.82) is 0 Å². The standard InChI is InChI=1S/C16H16BrN/c1-18-10-13-4-2-3-5-15(13)16(11-18)12-6-8-14(17)9-7-12/h2-9,16H,10-11H2,1H3/t16-/m0/s1. The summed E-state index contributed by atoms with van der Waals surface area (Å²) in [6.07, 6.45) is 0. The third-order valence-electron chi connectivity index (χ3n) is 3.64. The van der Waals surface area contributed by atoms with E-state index in [1.807, 2.05) is 0 Å². The van der Waals surface area contributed by atoms with Crippen molar-refractivity contribution in [1.82, 2.24) is 4.90 Å². The van der Waals surface area contributed by atoms with Gasteiger partial charge in [-0.05, 0) is 35.9 Å². The molecule has 92 valence electrons. The minimum Gasteiger partial charge on any atom is -0.301 e. The largest absolute Gasteiger partial charge is 0.301 e. The van der Waals surface area contributed by atoms with E-state index in [-0.39, 0.29) is 0 Å². The molecule has 0 aliphatic carbocycles. The van der Waals surface area contributed by atoms with Crippen molar-refractivity contribution in [2.75, 3.05) is 13.6 Å². The fourth-order valence-corrected chi connectivity index (χ4v) is 3.03. The Morgan fingerprint density at radius 1 is 1.06 bits per heavy atom. The molecule has 2 aromatic carbocycles. The Kier molecular flexibility index (Phi) is 3.23. The van der Waals surface area contributed by atoms with Crippen LogP contribution >= 0.6 is 15.9 Å². The summed E-state index contributed by atoms with van der Waals surface area (Å²) in [6, 6.07) is 17.5. The average Bonchev–Trinajstić information content (AvgIpc) is 2.38. The molecule has 0 amide bonds. The number of hydrogen-bond acceptors (Lipinski definition) is 1. The van der Waals surface area contributed by atoms with Crippen LogP contribution < -0.4 is 0 Å². The SMILES string of the molecule is CN1Cc2ccccc2[C@H](c2ccc(Br)cc2)C1. The number of halogens is 1. The molecule has 0 spiro atoms. The maximum atomic E-state index is 3.50. The molecule has 1 atom stereocenters. The summed E-state index contributed by atoms with van der Waals surface area (Å²) in [4.78, 5) is 2.40. The molecular formula is C16H16BrN. The van der Waals surface area contributed by atoms with E-state index in [0.717, 1.165) is 17.6 Å². The average molecular weight is 302 g/mol. The van der Waals surface area contributed by atoms with Gasteiger partial charge in [-0.25, -0.2) is 0 Å². The van der Waals surface area contributed by atoms with Gasteiger partial charge >= 0.3 is 0 Å². The Labute approximate surface area is 117 Å². The molecule has 0 aromatic heterocycles. The monoisotopic (exact) mass is 301 g/mol. The zero-order chi connectivity index (χ0) is 12.5. The van der Waals surface area contributed by atoms with Crippen LogP contribution in [0.3, 0.4) is 0 Å². The van der Waals surface area contributed by atoms with Gasteiger partial charge in [0.05, 0.1) is 0 Å². The predicted molar refractivity (Wildman–Crippen MR) is 78.8 cm³/mol. The van der Waals surface area contributed by atoms with Crippen LogP contribution in [0.1, 0.15) is 22.6 Å². The third-order valence-corrected chi connectivity index (χ3v) is 4.17. The lowest BCUT2D eigenvalue weighted by Gasteiger charge is -2.32. The van der Waals surface area contributed by atoms with Crippen LogP contribution in [0.5, 0.6) is 0 Å². The van der Waals surface area contributed by atoms with E-state index in [4.69, 9.17) is 0 Å². The molecule has 1 nitrogen and oxygen atoms in total. The summed E-state index contributed by atoms with van der Waals surface area (Å²) in [6.45, 7) is 2.15. The zero-order valence-electron chi connectivity index (χ0n) is 10.4. The van der Waals surface area contributed by atoms with Gasteiger partial charge in [-0.2, -0.15) is 0 Å². The minimum absolute atomic E-state index is 0.494. The van der Waals surface area contributed by atoms with Crippen LogP contribution in [0, 0.1) is 0 Å². The number of fused-ring (bicyclic) bond motifs is 1. The summed E-state index contributed by atoms with van der Waals surface area (Å²) in [5.41, 5.74) is 4.34. The number of hydrogen-bond donors (Lipinski definition) is 0. The second-order valence-electron chi connectivity index (χ2n) is 5.00. The highest BCUT2D eigenvalue weighted by Gasteiger charge is 2.23. The number of nitrogens with zero attached hydrogens (tertiary/aromatic N) is 1. The van der Waals surface area contributed by atoms with E-state index in [1.54, 1.807) is 0 Å². The molecule has 1 heterocycles. The zero-order valence-corrected chi connectivity index (χ0v) is 12.0. The lowest BCUT2D eigenvalue weighted by Crippen LogP contribution is -2.30. The van der Waals surface area contributed by atoms with Crippen molar-refractivity contribution in [2.45, 2.75) is 12.5 Å². The first-order valence-electron chi connectivity index (χ1n) is 6.26. The number of likely N-dealkylation sites (N-methyl/N-ethyl adjacent to an activating group) is 1. The maximum Gasteiger partial charge on any atom is 0.0234 e. The molecule has 2 heteroatoms. The Hall–Kier alpha value is -1.12. The fraction of sp³-hybridized carbons (Fsp3) is 0.250. The van der Waals surface area contributed by atoms with E-state index in [1.165, 1.54) is 16.7 Å². The van der Waals surface area contributed by atoms with Crippen molar-refractivity contribution < 1.29 is 0 Å². The van der Waals surface area contributed by atoms with Crippen LogP contribution in [0.15, 0.2) is 53.0 Å². The Morgan fingerprint density at radius 2 is 1.78 bits per heavy atom. The number of rotatable bonds is 1. The van der Waals surface area contributed by atoms with E-state index in [0.29, 0.717) is 5.92 Å². The van der Waals surface area contributed by atoms with Crippen LogP contribution in [0.25, 0.3) is 0 Å². The smallest absolute Gasteiger partial charge is 0.0234 e. The quantitative estimate of drug-likeness (QED) is 0.769. The van der Waals surface area contributed by atoms with Gasteiger partial charge < -0.3 is 4.90 Å². The summed E-state index contributed by atoms with van der Waals surface area (Å²) in [5.74, 6) is 0.494. The van der Waals surface area contributed by atoms with Crippen molar-refractivity contribution in [3.05, 3.63) is 69.7 Å². The maximum absolute atomic E-state index is 3.50. The Balaban J connectivity index is 2.04. The van der Waals surface area contributed by atoms with E-state index < -0.39 is 0 Å². The van der Waals surface area contributed by atoms with Crippen LogP contribution in [-0.2, 0) is 6.54 Å². The first-order valence-corrected chi connectivity index (χ1v) is 7.05. The topological polar surface area (TPSA) is 3.24 Å². The van der Waals surface area contributed by atoms with E-state index >= 15 is 0 Å². The van der Waals surface area contributed by atoms with Gasteiger partial charge in [-0.15, -0.1) is 0 Å². The van der Waals surface area contributed by atoms with Crippen LogP contribution in [0.4, 0.5) is 0 Å². The lowest BCUT2D eigenvalue weighted by molar-refractivity contribution is 0.295. The molecule has 0 saturated carbocycles. The molecule has 0 N–H and O–H groups in total. The minimum atomic E-state index is 0.494. The molecular weight excluding hydrogens is 286 g/mol. The summed E-state index contributed by atoms with van der Waals surface area (Å²) in [5, 5.41) is 0. The van der Waals surface area contributed by atoms with Gasteiger partial charge in [-0.3, -0.25) is 0 Å². The molecule has 0 fully saturated rings. The van der Waals surface area contributed by atoms with Gasteiger partial charge in [0, 0.05) is 23.5 Å².